The second kappa shape index (κ2) is 5.17. The zero-order chi connectivity index (χ0) is 15.2. The number of furan rings is 1. The van der Waals surface area contributed by atoms with Crippen molar-refractivity contribution >= 4 is 0 Å². The van der Waals surface area contributed by atoms with Crippen LogP contribution in [0, 0.1) is 0 Å². The van der Waals surface area contributed by atoms with Crippen LogP contribution < -0.4 is 0 Å². The van der Waals surface area contributed by atoms with Gasteiger partial charge in [-0.25, -0.2) is 0 Å². The van der Waals surface area contributed by atoms with Crippen LogP contribution >= 0.6 is 0 Å². The van der Waals surface area contributed by atoms with Gasteiger partial charge in [0.05, 0.1) is 12.8 Å². The van der Waals surface area contributed by atoms with E-state index in [-0.39, 0.29) is 5.41 Å². The zero-order valence-electron chi connectivity index (χ0n) is 13.1. The van der Waals surface area contributed by atoms with E-state index in [1.54, 1.807) is 6.26 Å². The highest BCUT2D eigenvalue weighted by Crippen LogP contribution is 2.48. The van der Waals surface area contributed by atoms with E-state index < -0.39 is 0 Å². The van der Waals surface area contributed by atoms with Crippen LogP contribution in [0.3, 0.4) is 0 Å². The molecule has 2 aromatic rings. The average molecular weight is 297 g/mol. The molecule has 0 radical (unpaired) electrons. The average Bonchev–Trinajstić information content (AvgIpc) is 3.04. The molecule has 3 heteroatoms. The summed E-state index contributed by atoms with van der Waals surface area (Å²) in [7, 11) is 0. The van der Waals surface area contributed by atoms with E-state index in [2.05, 4.69) is 24.0 Å². The maximum Gasteiger partial charge on any atom is 0.117 e. The number of fused-ring (bicyclic) bond motifs is 4. The Hall–Kier alpha value is -1.74. The monoisotopic (exact) mass is 297 g/mol. The third-order valence-corrected chi connectivity index (χ3v) is 5.76. The van der Waals surface area contributed by atoms with Crippen LogP contribution in [-0.2, 0) is 18.4 Å². The van der Waals surface area contributed by atoms with Gasteiger partial charge >= 0.3 is 0 Å². The first kappa shape index (κ1) is 13.9. The van der Waals surface area contributed by atoms with Crippen molar-refractivity contribution < 1.29 is 9.52 Å². The highest BCUT2D eigenvalue weighted by atomic mass is 16.3. The molecule has 4 rings (SSSR count). The predicted molar refractivity (Wildman–Crippen MR) is 85.9 cm³/mol. The first-order valence-electron chi connectivity index (χ1n) is 8.29. The van der Waals surface area contributed by atoms with E-state index in [4.69, 9.17) is 4.42 Å². The summed E-state index contributed by atoms with van der Waals surface area (Å²) in [5, 5.41) is 9.90. The van der Waals surface area contributed by atoms with Gasteiger partial charge in [0, 0.05) is 6.04 Å². The number of rotatable bonds is 3. The lowest BCUT2D eigenvalue weighted by atomic mass is 9.62. The van der Waals surface area contributed by atoms with Crippen molar-refractivity contribution in [3.05, 3.63) is 53.5 Å². The van der Waals surface area contributed by atoms with Gasteiger partial charge in [0.25, 0.3) is 0 Å². The Morgan fingerprint density at radius 1 is 1.36 bits per heavy atom. The van der Waals surface area contributed by atoms with Gasteiger partial charge in [-0.15, -0.1) is 0 Å². The Labute approximate surface area is 131 Å². The molecular weight excluding hydrogens is 274 g/mol. The number of likely N-dealkylation sites (tertiary alicyclic amines) is 1. The minimum absolute atomic E-state index is 0.247. The molecule has 22 heavy (non-hydrogen) atoms. The minimum atomic E-state index is 0.247. The first-order chi connectivity index (χ1) is 10.7. The van der Waals surface area contributed by atoms with Gasteiger partial charge in [-0.3, -0.25) is 4.90 Å². The second-order valence-electron chi connectivity index (χ2n) is 6.84. The summed E-state index contributed by atoms with van der Waals surface area (Å²) < 4.78 is 5.54. The molecule has 2 heterocycles. The van der Waals surface area contributed by atoms with E-state index >= 15 is 0 Å². The number of piperidine rings is 1. The van der Waals surface area contributed by atoms with E-state index in [1.807, 2.05) is 18.2 Å². The lowest BCUT2D eigenvalue weighted by molar-refractivity contribution is 0.0652. The summed E-state index contributed by atoms with van der Waals surface area (Å²) in [6.07, 6.45) is 6.35. The van der Waals surface area contributed by atoms with E-state index in [9.17, 15) is 5.11 Å². The van der Waals surface area contributed by atoms with Crippen molar-refractivity contribution in [2.45, 2.75) is 50.6 Å². The van der Waals surface area contributed by atoms with Crippen molar-refractivity contribution in [3.8, 4) is 5.75 Å². The standard InChI is InChI=1S/C19H23NO2/c1-2-19-7-8-20(13-17-4-3-9-22-17)15(12-19)10-14-5-6-16(21)11-18(14)19/h3-6,9,11,15,21H,2,7-8,10,12-13H2,1H3. The quantitative estimate of drug-likeness (QED) is 0.934. The number of nitrogens with zero attached hydrogens (tertiary/aromatic N) is 1. The van der Waals surface area contributed by atoms with E-state index in [0.29, 0.717) is 11.8 Å². The largest absolute Gasteiger partial charge is 0.508 e. The van der Waals surface area contributed by atoms with Crippen molar-refractivity contribution in [1.29, 1.82) is 0 Å². The number of phenols is 1. The van der Waals surface area contributed by atoms with Crippen molar-refractivity contribution in [1.82, 2.24) is 4.90 Å². The van der Waals surface area contributed by atoms with Gasteiger partial charge in [-0.05, 0) is 73.0 Å². The molecule has 2 aliphatic rings. The van der Waals surface area contributed by atoms with Gasteiger partial charge in [0.1, 0.15) is 11.5 Å². The summed E-state index contributed by atoms with van der Waals surface area (Å²) in [5.41, 5.74) is 3.06. The minimum Gasteiger partial charge on any atom is -0.508 e. The smallest absolute Gasteiger partial charge is 0.117 e. The zero-order valence-corrected chi connectivity index (χ0v) is 13.1. The van der Waals surface area contributed by atoms with Gasteiger partial charge in [0.15, 0.2) is 0 Å². The van der Waals surface area contributed by atoms with Crippen LogP contribution in [0.5, 0.6) is 5.75 Å². The maximum absolute atomic E-state index is 9.90. The second-order valence-corrected chi connectivity index (χ2v) is 6.84. The van der Waals surface area contributed by atoms with Crippen molar-refractivity contribution in [2.75, 3.05) is 6.54 Å². The van der Waals surface area contributed by atoms with E-state index in [0.717, 1.165) is 38.1 Å². The van der Waals surface area contributed by atoms with Crippen molar-refractivity contribution in [2.24, 2.45) is 0 Å². The maximum atomic E-state index is 9.90. The Morgan fingerprint density at radius 3 is 3.05 bits per heavy atom. The molecule has 116 valence electrons. The fourth-order valence-corrected chi connectivity index (χ4v) is 4.48. The predicted octanol–water partition coefficient (Wildman–Crippen LogP) is 3.85. The molecule has 2 atom stereocenters. The summed E-state index contributed by atoms with van der Waals surface area (Å²) in [5.74, 6) is 1.46. The Kier molecular flexibility index (Phi) is 3.26. The Balaban J connectivity index is 1.66. The molecular formula is C19H23NO2. The molecule has 1 N–H and O–H groups in total. The summed E-state index contributed by atoms with van der Waals surface area (Å²) in [4.78, 5) is 2.57. The number of aromatic hydroxyl groups is 1. The topological polar surface area (TPSA) is 36.6 Å². The SMILES string of the molecule is CCC12CCN(Cc3ccco3)C(Cc3ccc(O)cc31)C2. The molecule has 2 bridgehead atoms. The van der Waals surface area contributed by atoms with Crippen LogP contribution in [0.4, 0.5) is 0 Å². The number of phenolic OH excluding ortho intramolecular Hbond substituents is 1. The molecule has 1 saturated heterocycles. The van der Waals surface area contributed by atoms with Gasteiger partial charge in [-0.1, -0.05) is 13.0 Å². The Bertz CT molecular complexity index is 664. The van der Waals surface area contributed by atoms with Gasteiger partial charge < -0.3 is 9.52 Å². The highest BCUT2D eigenvalue weighted by molar-refractivity contribution is 5.43. The summed E-state index contributed by atoms with van der Waals surface area (Å²) in [6.45, 7) is 4.30. The number of hydrogen-bond acceptors (Lipinski definition) is 3. The fourth-order valence-electron chi connectivity index (χ4n) is 4.48. The highest BCUT2D eigenvalue weighted by Gasteiger charge is 2.44. The summed E-state index contributed by atoms with van der Waals surface area (Å²) >= 11 is 0. The number of hydrogen-bond donors (Lipinski definition) is 1. The van der Waals surface area contributed by atoms with Gasteiger partial charge in [-0.2, -0.15) is 0 Å². The normalized spacial score (nSPS) is 27.6. The molecule has 3 nitrogen and oxygen atoms in total. The molecule has 1 fully saturated rings. The molecule has 0 amide bonds. The van der Waals surface area contributed by atoms with Crippen LogP contribution in [0.1, 0.15) is 43.1 Å². The van der Waals surface area contributed by atoms with Crippen molar-refractivity contribution in [3.63, 3.8) is 0 Å². The fraction of sp³-hybridized carbons (Fsp3) is 0.474. The molecule has 1 aliphatic heterocycles. The van der Waals surface area contributed by atoms with E-state index in [1.165, 1.54) is 17.5 Å². The third kappa shape index (κ3) is 2.15. The first-order valence-corrected chi connectivity index (χ1v) is 8.29. The molecule has 1 aromatic heterocycles. The lowest BCUT2D eigenvalue weighted by Crippen LogP contribution is -2.52. The Morgan fingerprint density at radius 2 is 2.27 bits per heavy atom. The summed E-state index contributed by atoms with van der Waals surface area (Å²) in [6, 6.07) is 10.6. The van der Waals surface area contributed by atoms with Crippen LogP contribution in [0.25, 0.3) is 0 Å². The molecule has 0 saturated carbocycles. The van der Waals surface area contributed by atoms with Crippen LogP contribution in [-0.4, -0.2) is 22.6 Å². The number of benzene rings is 1. The molecule has 1 aliphatic carbocycles. The molecule has 2 unspecified atom stereocenters. The third-order valence-electron chi connectivity index (χ3n) is 5.76. The van der Waals surface area contributed by atoms with Crippen LogP contribution in [0.2, 0.25) is 0 Å². The van der Waals surface area contributed by atoms with Gasteiger partial charge in [0.2, 0.25) is 0 Å². The van der Waals surface area contributed by atoms with Crippen LogP contribution in [0.15, 0.2) is 41.0 Å². The lowest BCUT2D eigenvalue weighted by Gasteiger charge is -2.51. The molecule has 1 aromatic carbocycles. The molecule has 0 spiro atoms.